The molecule has 0 saturated carbocycles. The fraction of sp³-hybridized carbons (Fsp3) is 0.476. The van der Waals surface area contributed by atoms with Gasteiger partial charge in [-0.2, -0.15) is 5.10 Å². The number of aromatic amines is 1. The van der Waals surface area contributed by atoms with Crippen LogP contribution >= 0.6 is 11.8 Å². The van der Waals surface area contributed by atoms with Gasteiger partial charge >= 0.3 is 0 Å². The van der Waals surface area contributed by atoms with Crippen LogP contribution in [0.25, 0.3) is 0 Å². The molecule has 0 spiro atoms. The third-order valence-electron chi connectivity index (χ3n) is 4.35. The molecule has 5 heteroatoms. The van der Waals surface area contributed by atoms with Gasteiger partial charge in [0.15, 0.2) is 0 Å². The summed E-state index contributed by atoms with van der Waals surface area (Å²) in [6.45, 7) is 8.27. The zero-order chi connectivity index (χ0) is 19.1. The molecule has 1 N–H and O–H groups in total. The first kappa shape index (κ1) is 20.4. The number of thioether (sulfide) groups is 1. The Labute approximate surface area is 160 Å². The van der Waals surface area contributed by atoms with Crippen LogP contribution < -0.4 is 0 Å². The average Bonchev–Trinajstić information content (AvgIpc) is 3.03. The summed E-state index contributed by atoms with van der Waals surface area (Å²) in [4.78, 5) is 24.0. The number of carbonyl (C=O) groups is 2. The number of rotatable bonds is 10. The van der Waals surface area contributed by atoms with Gasteiger partial charge in [0.05, 0.1) is 5.75 Å². The summed E-state index contributed by atoms with van der Waals surface area (Å²) in [5, 5.41) is 8.44. The third kappa shape index (κ3) is 5.56. The van der Waals surface area contributed by atoms with Crippen LogP contribution in [0, 0.1) is 0 Å². The van der Waals surface area contributed by atoms with Crippen LogP contribution in [0.2, 0.25) is 0 Å². The largest absolute Gasteiger partial charge is 0.299 e. The van der Waals surface area contributed by atoms with Gasteiger partial charge in [-0.3, -0.25) is 14.7 Å². The zero-order valence-corrected chi connectivity index (χ0v) is 16.9. The zero-order valence-electron chi connectivity index (χ0n) is 16.1. The second-order valence-corrected chi connectivity index (χ2v) is 7.79. The lowest BCUT2D eigenvalue weighted by molar-refractivity contribution is -0.118. The van der Waals surface area contributed by atoms with Crippen molar-refractivity contribution in [3.8, 4) is 0 Å². The third-order valence-corrected chi connectivity index (χ3v) is 5.43. The number of Topliss-reactive ketones (excluding diaryl/α,β-unsaturated/α-hetero) is 2. The minimum atomic E-state index is 0.171. The van der Waals surface area contributed by atoms with Gasteiger partial charge in [0.2, 0.25) is 0 Å². The van der Waals surface area contributed by atoms with E-state index < -0.39 is 0 Å². The number of hydrogen-bond acceptors (Lipinski definition) is 4. The molecule has 0 aliphatic rings. The fourth-order valence-corrected chi connectivity index (χ4v) is 3.87. The number of H-pyrrole nitrogens is 1. The van der Waals surface area contributed by atoms with Gasteiger partial charge in [0, 0.05) is 30.5 Å². The van der Waals surface area contributed by atoms with Crippen LogP contribution in [0.4, 0.5) is 0 Å². The van der Waals surface area contributed by atoms with Gasteiger partial charge in [0.25, 0.3) is 0 Å². The molecule has 2 rings (SSSR count). The first-order valence-electron chi connectivity index (χ1n) is 9.25. The molecule has 140 valence electrons. The standard InChI is InChI=1S/C21H28N2O2S/c1-5-17(24)11-15-8-7-9-16(10-15)12-18(25)13-26-21-19(6-2)20(14(3)4)22-23-21/h7-10,14H,5-6,11-13H2,1-4H3,(H,22,23). The van der Waals surface area contributed by atoms with E-state index in [2.05, 4.69) is 31.0 Å². The number of aromatic nitrogens is 2. The molecular weight excluding hydrogens is 344 g/mol. The van der Waals surface area contributed by atoms with E-state index in [0.717, 1.165) is 28.3 Å². The molecule has 0 saturated heterocycles. The first-order valence-corrected chi connectivity index (χ1v) is 10.2. The van der Waals surface area contributed by atoms with Crippen molar-refractivity contribution in [2.45, 2.75) is 64.3 Å². The molecule has 0 radical (unpaired) electrons. The Kier molecular flexibility index (Phi) is 7.64. The van der Waals surface area contributed by atoms with Gasteiger partial charge in [-0.1, -0.05) is 63.7 Å². The lowest BCUT2D eigenvalue weighted by atomic mass is 10.0. The van der Waals surface area contributed by atoms with E-state index in [0.29, 0.717) is 30.9 Å². The van der Waals surface area contributed by atoms with Crippen LogP contribution in [0.15, 0.2) is 29.3 Å². The number of hydrogen-bond donors (Lipinski definition) is 1. The van der Waals surface area contributed by atoms with Crippen LogP contribution in [-0.2, 0) is 28.9 Å². The van der Waals surface area contributed by atoms with E-state index in [-0.39, 0.29) is 11.6 Å². The lowest BCUT2D eigenvalue weighted by Gasteiger charge is -2.06. The molecule has 0 atom stereocenters. The molecule has 4 nitrogen and oxygen atoms in total. The van der Waals surface area contributed by atoms with Crippen molar-refractivity contribution in [2.24, 2.45) is 0 Å². The Morgan fingerprint density at radius 2 is 1.77 bits per heavy atom. The Bertz CT molecular complexity index is 765. The van der Waals surface area contributed by atoms with Crippen molar-refractivity contribution in [2.75, 3.05) is 5.75 Å². The van der Waals surface area contributed by atoms with Crippen LogP contribution in [0.1, 0.15) is 62.4 Å². The number of nitrogens with zero attached hydrogens (tertiary/aromatic N) is 1. The second-order valence-electron chi connectivity index (χ2n) is 6.82. The Hall–Kier alpha value is -1.88. The molecule has 1 heterocycles. The molecule has 0 aliphatic heterocycles. The highest BCUT2D eigenvalue weighted by atomic mass is 32.2. The predicted octanol–water partition coefficient (Wildman–Crippen LogP) is 4.52. The lowest BCUT2D eigenvalue weighted by Crippen LogP contribution is -2.07. The molecule has 0 aliphatic carbocycles. The van der Waals surface area contributed by atoms with E-state index in [4.69, 9.17) is 0 Å². The topological polar surface area (TPSA) is 62.8 Å². The van der Waals surface area contributed by atoms with Crippen LogP contribution in [-0.4, -0.2) is 27.5 Å². The molecule has 0 unspecified atom stereocenters. The van der Waals surface area contributed by atoms with E-state index in [1.165, 1.54) is 17.3 Å². The Morgan fingerprint density at radius 3 is 2.35 bits per heavy atom. The van der Waals surface area contributed by atoms with Crippen molar-refractivity contribution in [1.82, 2.24) is 10.2 Å². The number of ketones is 2. The highest BCUT2D eigenvalue weighted by Crippen LogP contribution is 2.27. The summed E-state index contributed by atoms with van der Waals surface area (Å²) < 4.78 is 0. The average molecular weight is 373 g/mol. The summed E-state index contributed by atoms with van der Waals surface area (Å²) in [6, 6.07) is 7.79. The van der Waals surface area contributed by atoms with Gasteiger partial charge in [-0.15, -0.1) is 0 Å². The SMILES string of the molecule is CCC(=O)Cc1cccc(CC(=O)CSc2n[nH]c(C(C)C)c2CC)c1. The second kappa shape index (κ2) is 9.72. The molecule has 0 fully saturated rings. The fourth-order valence-electron chi connectivity index (χ4n) is 2.93. The maximum atomic E-state index is 12.4. The molecule has 0 bridgehead atoms. The molecule has 2 aromatic rings. The summed E-state index contributed by atoms with van der Waals surface area (Å²) in [6.07, 6.45) is 2.29. The maximum Gasteiger partial charge on any atom is 0.147 e. The predicted molar refractivity (Wildman–Crippen MR) is 107 cm³/mol. The van der Waals surface area contributed by atoms with E-state index >= 15 is 0 Å². The molecule has 26 heavy (non-hydrogen) atoms. The summed E-state index contributed by atoms with van der Waals surface area (Å²) in [5.74, 6) is 1.20. The summed E-state index contributed by atoms with van der Waals surface area (Å²) >= 11 is 1.51. The van der Waals surface area contributed by atoms with Gasteiger partial charge in [-0.25, -0.2) is 0 Å². The summed E-state index contributed by atoms with van der Waals surface area (Å²) in [5.41, 5.74) is 4.34. The quantitative estimate of drug-likeness (QED) is 0.623. The minimum Gasteiger partial charge on any atom is -0.299 e. The molecule has 1 aromatic carbocycles. The number of nitrogens with one attached hydrogen (secondary N) is 1. The first-order chi connectivity index (χ1) is 12.4. The highest BCUT2D eigenvalue weighted by molar-refractivity contribution is 8.00. The smallest absolute Gasteiger partial charge is 0.147 e. The van der Waals surface area contributed by atoms with Crippen molar-refractivity contribution in [3.05, 3.63) is 46.6 Å². The van der Waals surface area contributed by atoms with Gasteiger partial charge in [0.1, 0.15) is 16.6 Å². The highest BCUT2D eigenvalue weighted by Gasteiger charge is 2.16. The van der Waals surface area contributed by atoms with E-state index in [1.807, 2.05) is 31.2 Å². The number of benzene rings is 1. The minimum absolute atomic E-state index is 0.171. The van der Waals surface area contributed by atoms with Crippen molar-refractivity contribution >= 4 is 23.3 Å². The van der Waals surface area contributed by atoms with E-state index in [1.54, 1.807) is 0 Å². The van der Waals surface area contributed by atoms with E-state index in [9.17, 15) is 9.59 Å². The molecule has 1 aromatic heterocycles. The van der Waals surface area contributed by atoms with Gasteiger partial charge < -0.3 is 0 Å². The molecular formula is C21H28N2O2S. The van der Waals surface area contributed by atoms with Crippen molar-refractivity contribution in [1.29, 1.82) is 0 Å². The van der Waals surface area contributed by atoms with Crippen LogP contribution in [0.3, 0.4) is 0 Å². The molecule has 0 amide bonds. The monoisotopic (exact) mass is 372 g/mol. The maximum absolute atomic E-state index is 12.4. The van der Waals surface area contributed by atoms with Crippen molar-refractivity contribution in [3.63, 3.8) is 0 Å². The normalized spacial score (nSPS) is 11.1. The van der Waals surface area contributed by atoms with Gasteiger partial charge in [-0.05, 0) is 23.5 Å². The number of carbonyl (C=O) groups excluding carboxylic acids is 2. The Morgan fingerprint density at radius 1 is 1.12 bits per heavy atom. The Balaban J connectivity index is 1.95. The van der Waals surface area contributed by atoms with Crippen LogP contribution in [0.5, 0.6) is 0 Å². The van der Waals surface area contributed by atoms with Crippen molar-refractivity contribution < 1.29 is 9.59 Å². The summed E-state index contributed by atoms with van der Waals surface area (Å²) in [7, 11) is 0.